The number of benzene rings is 3. The molecule has 0 fully saturated rings. The van der Waals surface area contributed by atoms with E-state index in [2.05, 4.69) is 18.6 Å². The number of rotatable bonds is 7. The molecule has 140 valence electrons. The Bertz CT molecular complexity index is 964. The van der Waals surface area contributed by atoms with Crippen molar-refractivity contribution in [1.29, 1.82) is 0 Å². The van der Waals surface area contributed by atoms with Crippen LogP contribution in [0.15, 0.2) is 83.8 Å². The molecule has 0 unspecified atom stereocenters. The van der Waals surface area contributed by atoms with Gasteiger partial charge in [0.15, 0.2) is 0 Å². The van der Waals surface area contributed by atoms with Crippen molar-refractivity contribution in [2.24, 2.45) is 0 Å². The van der Waals surface area contributed by atoms with E-state index in [1.807, 2.05) is 42.5 Å². The Labute approximate surface area is 160 Å². The number of sulfonamides is 1. The van der Waals surface area contributed by atoms with E-state index < -0.39 is 10.0 Å². The van der Waals surface area contributed by atoms with Crippen LogP contribution in [0.5, 0.6) is 5.75 Å². The van der Waals surface area contributed by atoms with Crippen LogP contribution in [0.3, 0.4) is 0 Å². The molecule has 0 aliphatic rings. The van der Waals surface area contributed by atoms with Crippen molar-refractivity contribution >= 4 is 15.7 Å². The lowest BCUT2D eigenvalue weighted by Crippen LogP contribution is -2.13. The second-order valence-electron chi connectivity index (χ2n) is 6.63. The molecule has 3 aromatic carbocycles. The van der Waals surface area contributed by atoms with E-state index in [1.54, 1.807) is 36.4 Å². The highest BCUT2D eigenvalue weighted by Gasteiger charge is 2.14. The Hall–Kier alpha value is -2.79. The van der Waals surface area contributed by atoms with Gasteiger partial charge in [0, 0.05) is 5.69 Å². The van der Waals surface area contributed by atoms with Crippen molar-refractivity contribution in [3.63, 3.8) is 0 Å². The molecule has 27 heavy (non-hydrogen) atoms. The van der Waals surface area contributed by atoms with E-state index in [1.165, 1.54) is 0 Å². The first-order valence-corrected chi connectivity index (χ1v) is 10.3. The normalized spacial score (nSPS) is 11.4. The summed E-state index contributed by atoms with van der Waals surface area (Å²) in [6.45, 7) is 4.61. The van der Waals surface area contributed by atoms with Gasteiger partial charge in [0.2, 0.25) is 0 Å². The van der Waals surface area contributed by atoms with Crippen LogP contribution in [-0.4, -0.2) is 8.42 Å². The van der Waals surface area contributed by atoms with Gasteiger partial charge in [-0.1, -0.05) is 56.3 Å². The highest BCUT2D eigenvalue weighted by Crippen LogP contribution is 2.22. The average Bonchev–Trinajstić information content (AvgIpc) is 2.68. The monoisotopic (exact) mass is 381 g/mol. The number of hydrogen-bond acceptors (Lipinski definition) is 3. The van der Waals surface area contributed by atoms with Gasteiger partial charge in [-0.3, -0.25) is 4.72 Å². The fraction of sp³-hybridized carbons (Fsp3) is 0.182. The molecule has 0 aliphatic carbocycles. The molecule has 3 aromatic rings. The molecule has 0 aromatic heterocycles. The lowest BCUT2D eigenvalue weighted by atomic mass is 10.0. The van der Waals surface area contributed by atoms with Crippen LogP contribution >= 0.6 is 0 Å². The topological polar surface area (TPSA) is 55.4 Å². The zero-order valence-electron chi connectivity index (χ0n) is 15.4. The highest BCUT2D eigenvalue weighted by molar-refractivity contribution is 7.92. The SMILES string of the molecule is CC(C)c1ccc(S(=O)(=O)Nc2ccc(OCc3ccccc3)cc2)cc1. The maximum atomic E-state index is 12.5. The number of hydrogen-bond donors (Lipinski definition) is 1. The van der Waals surface area contributed by atoms with Gasteiger partial charge >= 0.3 is 0 Å². The first kappa shape index (κ1) is 19.0. The first-order chi connectivity index (χ1) is 12.9. The van der Waals surface area contributed by atoms with Crippen LogP contribution < -0.4 is 9.46 Å². The molecule has 0 radical (unpaired) electrons. The third-order valence-electron chi connectivity index (χ3n) is 4.21. The van der Waals surface area contributed by atoms with Crippen LogP contribution in [0.2, 0.25) is 0 Å². The average molecular weight is 381 g/mol. The fourth-order valence-electron chi connectivity index (χ4n) is 2.61. The summed E-state index contributed by atoms with van der Waals surface area (Å²) in [5.41, 5.74) is 2.68. The van der Waals surface area contributed by atoms with E-state index >= 15 is 0 Å². The fourth-order valence-corrected chi connectivity index (χ4v) is 3.66. The third kappa shape index (κ3) is 5.11. The Morgan fingerprint density at radius 3 is 2.07 bits per heavy atom. The molecular weight excluding hydrogens is 358 g/mol. The van der Waals surface area contributed by atoms with Crippen molar-refractivity contribution in [3.8, 4) is 5.75 Å². The summed E-state index contributed by atoms with van der Waals surface area (Å²) in [6, 6.07) is 23.7. The first-order valence-electron chi connectivity index (χ1n) is 8.83. The van der Waals surface area contributed by atoms with Crippen molar-refractivity contribution in [1.82, 2.24) is 0 Å². The molecule has 4 nitrogen and oxygen atoms in total. The number of nitrogens with one attached hydrogen (secondary N) is 1. The molecule has 5 heteroatoms. The quantitative estimate of drug-likeness (QED) is 0.613. The second-order valence-corrected chi connectivity index (χ2v) is 8.31. The van der Waals surface area contributed by atoms with Crippen LogP contribution in [0.1, 0.15) is 30.9 Å². The molecular formula is C22H23NO3S. The van der Waals surface area contributed by atoms with Crippen LogP contribution in [-0.2, 0) is 16.6 Å². The molecule has 0 heterocycles. The van der Waals surface area contributed by atoms with Gasteiger partial charge in [-0.05, 0) is 53.4 Å². The van der Waals surface area contributed by atoms with Crippen molar-refractivity contribution < 1.29 is 13.2 Å². The molecule has 0 spiro atoms. The minimum Gasteiger partial charge on any atom is -0.489 e. The lowest BCUT2D eigenvalue weighted by molar-refractivity contribution is 0.306. The summed E-state index contributed by atoms with van der Waals surface area (Å²) in [6.07, 6.45) is 0. The molecule has 0 bridgehead atoms. The standard InChI is InChI=1S/C22H23NO3S/c1-17(2)19-8-14-22(15-9-19)27(24,25)23-20-10-12-21(13-11-20)26-16-18-6-4-3-5-7-18/h3-15,17,23H,16H2,1-2H3. The van der Waals surface area contributed by atoms with Gasteiger partial charge in [0.05, 0.1) is 4.90 Å². The van der Waals surface area contributed by atoms with Crippen LogP contribution in [0.4, 0.5) is 5.69 Å². The second kappa shape index (κ2) is 8.27. The Morgan fingerprint density at radius 2 is 1.48 bits per heavy atom. The van der Waals surface area contributed by atoms with E-state index in [9.17, 15) is 8.42 Å². The summed E-state index contributed by atoms with van der Waals surface area (Å²) in [4.78, 5) is 0.247. The molecule has 0 aliphatic heterocycles. The van der Waals surface area contributed by atoms with Gasteiger partial charge in [-0.15, -0.1) is 0 Å². The van der Waals surface area contributed by atoms with E-state index in [4.69, 9.17) is 4.74 Å². The molecule has 0 saturated heterocycles. The zero-order valence-corrected chi connectivity index (χ0v) is 16.2. The third-order valence-corrected chi connectivity index (χ3v) is 5.61. The summed E-state index contributed by atoms with van der Waals surface area (Å²) < 4.78 is 33.4. The zero-order chi connectivity index (χ0) is 19.3. The Balaban J connectivity index is 1.64. The number of ether oxygens (including phenoxy) is 1. The van der Waals surface area contributed by atoms with Gasteiger partial charge < -0.3 is 4.74 Å². The van der Waals surface area contributed by atoms with Crippen molar-refractivity contribution in [3.05, 3.63) is 90.0 Å². The maximum Gasteiger partial charge on any atom is 0.261 e. The summed E-state index contributed by atoms with van der Waals surface area (Å²) in [7, 11) is -3.61. The van der Waals surface area contributed by atoms with Crippen LogP contribution in [0.25, 0.3) is 0 Å². The Kier molecular flexibility index (Phi) is 5.81. The Morgan fingerprint density at radius 1 is 0.852 bits per heavy atom. The molecule has 1 N–H and O–H groups in total. The molecule has 0 amide bonds. The van der Waals surface area contributed by atoms with E-state index in [-0.39, 0.29) is 4.90 Å². The van der Waals surface area contributed by atoms with Gasteiger partial charge in [0.25, 0.3) is 10.0 Å². The summed E-state index contributed by atoms with van der Waals surface area (Å²) in [5.74, 6) is 1.04. The number of anilines is 1. The minimum absolute atomic E-state index is 0.247. The van der Waals surface area contributed by atoms with Gasteiger partial charge in [-0.25, -0.2) is 8.42 Å². The largest absolute Gasteiger partial charge is 0.489 e. The predicted molar refractivity (Wildman–Crippen MR) is 109 cm³/mol. The highest BCUT2D eigenvalue weighted by atomic mass is 32.2. The van der Waals surface area contributed by atoms with E-state index in [0.29, 0.717) is 24.0 Å². The van der Waals surface area contributed by atoms with Gasteiger partial charge in [-0.2, -0.15) is 0 Å². The van der Waals surface area contributed by atoms with Crippen LogP contribution in [0, 0.1) is 0 Å². The van der Waals surface area contributed by atoms with Crippen molar-refractivity contribution in [2.75, 3.05) is 4.72 Å². The summed E-state index contributed by atoms with van der Waals surface area (Å²) >= 11 is 0. The summed E-state index contributed by atoms with van der Waals surface area (Å²) in [5, 5.41) is 0. The predicted octanol–water partition coefficient (Wildman–Crippen LogP) is 5.19. The molecule has 0 atom stereocenters. The van der Waals surface area contributed by atoms with E-state index in [0.717, 1.165) is 11.1 Å². The lowest BCUT2D eigenvalue weighted by Gasteiger charge is -2.11. The van der Waals surface area contributed by atoms with Crippen molar-refractivity contribution in [2.45, 2.75) is 31.3 Å². The minimum atomic E-state index is -3.61. The smallest absolute Gasteiger partial charge is 0.261 e. The maximum absolute atomic E-state index is 12.5. The van der Waals surface area contributed by atoms with Gasteiger partial charge in [0.1, 0.15) is 12.4 Å². The molecule has 3 rings (SSSR count). The molecule has 0 saturated carbocycles.